The van der Waals surface area contributed by atoms with E-state index < -0.39 is 0 Å². The lowest BCUT2D eigenvalue weighted by Crippen LogP contribution is -1.98. The van der Waals surface area contributed by atoms with Gasteiger partial charge in [0.2, 0.25) is 0 Å². The smallest absolute Gasteiger partial charge is 0.135 e. The fourth-order valence-corrected chi connectivity index (χ4v) is 6.78. The molecule has 0 amide bonds. The van der Waals surface area contributed by atoms with Crippen molar-refractivity contribution >= 4 is 32.6 Å². The van der Waals surface area contributed by atoms with Crippen molar-refractivity contribution in [3.05, 3.63) is 152 Å². The molecule has 1 aliphatic rings. The van der Waals surface area contributed by atoms with Gasteiger partial charge < -0.3 is 9.30 Å². The van der Waals surface area contributed by atoms with E-state index in [-0.39, 0.29) is 0 Å². The van der Waals surface area contributed by atoms with Crippen LogP contribution in [0.1, 0.15) is 0 Å². The molecule has 196 valence electrons. The van der Waals surface area contributed by atoms with Gasteiger partial charge >= 0.3 is 0 Å². The fraction of sp³-hybridized carbons (Fsp3) is 0. The molecule has 0 bridgehead atoms. The summed E-state index contributed by atoms with van der Waals surface area (Å²) in [6, 6.07) is 54.1. The van der Waals surface area contributed by atoms with Gasteiger partial charge in [-0.05, 0) is 75.7 Å². The van der Waals surface area contributed by atoms with Crippen molar-refractivity contribution in [3.63, 3.8) is 0 Å². The normalized spacial score (nSPS) is 12.0. The highest BCUT2D eigenvalue weighted by atomic mass is 16.5. The zero-order chi connectivity index (χ0) is 27.6. The van der Waals surface area contributed by atoms with Crippen molar-refractivity contribution in [1.82, 2.24) is 4.57 Å². The second kappa shape index (κ2) is 8.95. The number of fused-ring (bicyclic) bond motifs is 5. The number of aromatic nitrogens is 1. The third-order valence-corrected chi connectivity index (χ3v) is 8.60. The summed E-state index contributed by atoms with van der Waals surface area (Å²) in [5, 5.41) is 4.88. The maximum Gasteiger partial charge on any atom is 0.135 e. The molecule has 0 atom stereocenters. The number of rotatable bonds is 3. The van der Waals surface area contributed by atoms with Crippen LogP contribution < -0.4 is 4.74 Å². The highest BCUT2D eigenvalue weighted by Gasteiger charge is 2.23. The molecular formula is C40H25NO. The summed E-state index contributed by atoms with van der Waals surface area (Å²) in [7, 11) is 0. The SMILES string of the molecule is c1ccc(-c2ccc3c(c2)-c2cccc4c(-c5cccc6c5c5ccccc5n6-c5ccccc5)ccc(c24)O3)cc1. The number of ether oxygens (including phenoxy) is 1. The second-order valence-electron chi connectivity index (χ2n) is 10.9. The van der Waals surface area contributed by atoms with E-state index in [0.717, 1.165) is 28.1 Å². The molecule has 0 unspecified atom stereocenters. The Morgan fingerprint density at radius 2 is 1.05 bits per heavy atom. The van der Waals surface area contributed by atoms with Crippen LogP contribution in [-0.4, -0.2) is 4.57 Å². The third kappa shape index (κ3) is 3.33. The number of hydrogen-bond acceptors (Lipinski definition) is 1. The lowest BCUT2D eigenvalue weighted by molar-refractivity contribution is 0.487. The van der Waals surface area contributed by atoms with E-state index in [1.165, 1.54) is 55.0 Å². The first-order valence-corrected chi connectivity index (χ1v) is 14.4. The highest BCUT2D eigenvalue weighted by Crippen LogP contribution is 2.50. The molecule has 0 N–H and O–H groups in total. The van der Waals surface area contributed by atoms with Gasteiger partial charge in [-0.2, -0.15) is 0 Å². The molecule has 0 fully saturated rings. The zero-order valence-corrected chi connectivity index (χ0v) is 22.8. The molecule has 42 heavy (non-hydrogen) atoms. The Morgan fingerprint density at radius 1 is 0.381 bits per heavy atom. The minimum atomic E-state index is 0.899. The molecule has 9 rings (SSSR count). The topological polar surface area (TPSA) is 14.2 Å². The number of hydrogen-bond donors (Lipinski definition) is 0. The van der Waals surface area contributed by atoms with Crippen LogP contribution >= 0.6 is 0 Å². The lowest BCUT2D eigenvalue weighted by Gasteiger charge is -2.23. The molecule has 0 aliphatic carbocycles. The summed E-state index contributed by atoms with van der Waals surface area (Å²) in [6.07, 6.45) is 0. The first-order valence-electron chi connectivity index (χ1n) is 14.4. The molecule has 2 heterocycles. The van der Waals surface area contributed by atoms with E-state index in [1.807, 2.05) is 0 Å². The zero-order valence-electron chi connectivity index (χ0n) is 22.8. The largest absolute Gasteiger partial charge is 0.456 e. The van der Waals surface area contributed by atoms with Crippen LogP contribution in [0.5, 0.6) is 11.5 Å². The highest BCUT2D eigenvalue weighted by molar-refractivity contribution is 6.19. The summed E-state index contributed by atoms with van der Waals surface area (Å²) in [4.78, 5) is 0. The Kier molecular flexibility index (Phi) is 4.93. The van der Waals surface area contributed by atoms with Gasteiger partial charge in [0.25, 0.3) is 0 Å². The van der Waals surface area contributed by atoms with Crippen molar-refractivity contribution in [2.24, 2.45) is 0 Å². The second-order valence-corrected chi connectivity index (χ2v) is 10.9. The van der Waals surface area contributed by atoms with Gasteiger partial charge in [-0.25, -0.2) is 0 Å². The van der Waals surface area contributed by atoms with Crippen LogP contribution in [0, 0.1) is 0 Å². The molecule has 1 aliphatic heterocycles. The predicted octanol–water partition coefficient (Wildman–Crippen LogP) is 11.0. The van der Waals surface area contributed by atoms with E-state index in [1.54, 1.807) is 0 Å². The Morgan fingerprint density at radius 3 is 1.90 bits per heavy atom. The quantitative estimate of drug-likeness (QED) is 0.219. The van der Waals surface area contributed by atoms with Gasteiger partial charge in [-0.15, -0.1) is 0 Å². The summed E-state index contributed by atoms with van der Waals surface area (Å²) in [6.45, 7) is 0. The van der Waals surface area contributed by atoms with E-state index >= 15 is 0 Å². The maximum absolute atomic E-state index is 6.55. The molecule has 8 aromatic rings. The first-order chi connectivity index (χ1) is 20.8. The monoisotopic (exact) mass is 535 g/mol. The van der Waals surface area contributed by atoms with Crippen molar-refractivity contribution in [2.75, 3.05) is 0 Å². The lowest BCUT2D eigenvalue weighted by atomic mass is 9.88. The van der Waals surface area contributed by atoms with E-state index in [9.17, 15) is 0 Å². The minimum absolute atomic E-state index is 0.899. The number of nitrogens with zero attached hydrogens (tertiary/aromatic N) is 1. The average Bonchev–Trinajstić information content (AvgIpc) is 3.40. The molecular weight excluding hydrogens is 510 g/mol. The van der Waals surface area contributed by atoms with Crippen LogP contribution in [0.2, 0.25) is 0 Å². The summed E-state index contributed by atoms with van der Waals surface area (Å²) in [5.41, 5.74) is 10.7. The van der Waals surface area contributed by atoms with Crippen LogP contribution in [0.15, 0.2) is 152 Å². The standard InChI is InChI=1S/C40H25NO/c1-3-11-26(12-4-1)27-21-23-37-34(25-27)32-17-9-16-31-29(22-24-38(42-37)40(31)32)30-18-10-20-36-39(30)33-15-7-8-19-35(33)41(36)28-13-5-2-6-14-28/h1-25H. The molecule has 2 heteroatoms. The Balaban J connectivity index is 1.31. The fourth-order valence-electron chi connectivity index (χ4n) is 6.78. The van der Waals surface area contributed by atoms with Crippen molar-refractivity contribution in [1.29, 1.82) is 0 Å². The van der Waals surface area contributed by atoms with Gasteiger partial charge in [0.1, 0.15) is 11.5 Å². The van der Waals surface area contributed by atoms with Gasteiger partial charge in [-0.3, -0.25) is 0 Å². The maximum atomic E-state index is 6.55. The first kappa shape index (κ1) is 23.1. The molecule has 0 radical (unpaired) electrons. The summed E-state index contributed by atoms with van der Waals surface area (Å²) in [5.74, 6) is 1.80. The number of para-hydroxylation sites is 2. The predicted molar refractivity (Wildman–Crippen MR) is 175 cm³/mol. The number of benzene rings is 7. The summed E-state index contributed by atoms with van der Waals surface area (Å²) < 4.78 is 8.93. The van der Waals surface area contributed by atoms with Crippen molar-refractivity contribution < 1.29 is 4.74 Å². The van der Waals surface area contributed by atoms with E-state index in [2.05, 4.69) is 156 Å². The van der Waals surface area contributed by atoms with Crippen LogP contribution in [0.25, 0.3) is 71.6 Å². The van der Waals surface area contributed by atoms with Gasteiger partial charge in [-0.1, -0.05) is 109 Å². The van der Waals surface area contributed by atoms with Gasteiger partial charge in [0.05, 0.1) is 11.0 Å². The van der Waals surface area contributed by atoms with Crippen molar-refractivity contribution in [2.45, 2.75) is 0 Å². The minimum Gasteiger partial charge on any atom is -0.456 e. The van der Waals surface area contributed by atoms with Gasteiger partial charge in [0, 0.05) is 27.4 Å². The molecule has 1 aromatic heterocycles. The van der Waals surface area contributed by atoms with Crippen molar-refractivity contribution in [3.8, 4) is 50.6 Å². The Hall–Kier alpha value is -5.60. The van der Waals surface area contributed by atoms with Crippen LogP contribution in [-0.2, 0) is 0 Å². The van der Waals surface area contributed by atoms with E-state index in [0.29, 0.717) is 0 Å². The Labute approximate surface area is 243 Å². The van der Waals surface area contributed by atoms with Gasteiger partial charge in [0.15, 0.2) is 0 Å². The van der Waals surface area contributed by atoms with Crippen LogP contribution in [0.4, 0.5) is 0 Å². The summed E-state index contributed by atoms with van der Waals surface area (Å²) >= 11 is 0. The Bertz CT molecular complexity index is 2310. The molecule has 0 saturated heterocycles. The average molecular weight is 536 g/mol. The molecule has 0 spiro atoms. The molecule has 0 saturated carbocycles. The molecule has 2 nitrogen and oxygen atoms in total. The van der Waals surface area contributed by atoms with E-state index in [4.69, 9.17) is 4.74 Å². The van der Waals surface area contributed by atoms with Crippen LogP contribution in [0.3, 0.4) is 0 Å². The third-order valence-electron chi connectivity index (χ3n) is 8.60. The molecule has 7 aromatic carbocycles.